The SMILES string of the molecule is Cc1ccc(S(=O)(=O)N2CC[C@H](O)[C@@](CC3CC3)(C(=O)O)C2)c(F)c1. The number of piperidine rings is 1. The molecule has 1 aromatic rings. The minimum absolute atomic E-state index is 0.0196. The van der Waals surface area contributed by atoms with Crippen molar-refractivity contribution in [2.24, 2.45) is 11.3 Å². The number of carbonyl (C=O) groups is 1. The molecule has 0 bridgehead atoms. The van der Waals surface area contributed by atoms with Gasteiger partial charge < -0.3 is 10.2 Å². The third kappa shape index (κ3) is 3.30. The van der Waals surface area contributed by atoms with E-state index in [0.717, 1.165) is 23.2 Å². The van der Waals surface area contributed by atoms with Crippen LogP contribution in [0.15, 0.2) is 23.1 Å². The van der Waals surface area contributed by atoms with Gasteiger partial charge in [-0.05, 0) is 43.4 Å². The largest absolute Gasteiger partial charge is 0.481 e. The van der Waals surface area contributed by atoms with Gasteiger partial charge in [0.1, 0.15) is 16.1 Å². The van der Waals surface area contributed by atoms with Crippen molar-refractivity contribution in [1.29, 1.82) is 0 Å². The second-order valence-corrected chi connectivity index (χ2v) is 9.09. The van der Waals surface area contributed by atoms with Gasteiger partial charge in [0, 0.05) is 13.1 Å². The summed E-state index contributed by atoms with van der Waals surface area (Å²) in [7, 11) is -4.17. The topological polar surface area (TPSA) is 94.9 Å². The molecule has 3 rings (SSSR count). The van der Waals surface area contributed by atoms with Gasteiger partial charge in [-0.3, -0.25) is 4.79 Å². The van der Waals surface area contributed by atoms with Crippen molar-refractivity contribution < 1.29 is 27.8 Å². The summed E-state index contributed by atoms with van der Waals surface area (Å²) in [5, 5.41) is 20.1. The molecule has 2 aliphatic rings. The van der Waals surface area contributed by atoms with Crippen LogP contribution in [0.2, 0.25) is 0 Å². The van der Waals surface area contributed by atoms with Crippen molar-refractivity contribution in [3.8, 4) is 0 Å². The van der Waals surface area contributed by atoms with E-state index in [4.69, 9.17) is 0 Å². The van der Waals surface area contributed by atoms with E-state index in [9.17, 15) is 27.8 Å². The van der Waals surface area contributed by atoms with Crippen molar-refractivity contribution in [2.75, 3.05) is 13.1 Å². The zero-order valence-corrected chi connectivity index (χ0v) is 14.8. The molecule has 0 unspecified atom stereocenters. The number of aliphatic hydroxyl groups is 1. The van der Waals surface area contributed by atoms with Crippen molar-refractivity contribution in [1.82, 2.24) is 4.31 Å². The normalized spacial score (nSPS) is 28.0. The van der Waals surface area contributed by atoms with E-state index in [2.05, 4.69) is 0 Å². The van der Waals surface area contributed by atoms with Gasteiger partial charge in [0.15, 0.2) is 0 Å². The number of rotatable bonds is 5. The highest BCUT2D eigenvalue weighted by Gasteiger charge is 2.53. The molecule has 1 saturated carbocycles. The van der Waals surface area contributed by atoms with Gasteiger partial charge in [0.25, 0.3) is 0 Å². The van der Waals surface area contributed by atoms with Crippen LogP contribution in [0.4, 0.5) is 4.39 Å². The average Bonchev–Trinajstić information content (AvgIpc) is 3.32. The first-order valence-corrected chi connectivity index (χ1v) is 9.78. The number of aliphatic carboxylic acids is 1. The fourth-order valence-corrected chi connectivity index (χ4v) is 5.11. The fraction of sp³-hybridized carbons (Fsp3) is 0.588. The number of aliphatic hydroxyl groups excluding tert-OH is 1. The number of hydrogen-bond acceptors (Lipinski definition) is 4. The molecule has 2 atom stereocenters. The number of hydrogen-bond donors (Lipinski definition) is 2. The van der Waals surface area contributed by atoms with Gasteiger partial charge in [0.2, 0.25) is 10.0 Å². The van der Waals surface area contributed by atoms with E-state index < -0.39 is 38.2 Å². The first-order chi connectivity index (χ1) is 11.7. The molecule has 1 aliphatic carbocycles. The second-order valence-electron chi connectivity index (χ2n) is 7.19. The Hall–Kier alpha value is -1.51. The molecule has 0 radical (unpaired) electrons. The lowest BCUT2D eigenvalue weighted by molar-refractivity contribution is -0.162. The van der Waals surface area contributed by atoms with Crippen LogP contribution in [0, 0.1) is 24.1 Å². The van der Waals surface area contributed by atoms with Crippen LogP contribution < -0.4 is 0 Å². The number of benzene rings is 1. The van der Waals surface area contributed by atoms with Crippen LogP contribution in [-0.4, -0.2) is 48.1 Å². The summed E-state index contributed by atoms with van der Waals surface area (Å²) in [4.78, 5) is 11.5. The molecule has 8 heteroatoms. The molecule has 1 heterocycles. The lowest BCUT2D eigenvalue weighted by atomic mass is 9.74. The zero-order chi connectivity index (χ0) is 18.4. The number of aryl methyl sites for hydroxylation is 1. The van der Waals surface area contributed by atoms with Gasteiger partial charge in [-0.25, -0.2) is 12.8 Å². The Morgan fingerprint density at radius 3 is 2.60 bits per heavy atom. The number of halogens is 1. The Labute approximate surface area is 146 Å². The Bertz CT molecular complexity index is 792. The molecular weight excluding hydrogens is 349 g/mol. The van der Waals surface area contributed by atoms with Gasteiger partial charge in [-0.1, -0.05) is 18.9 Å². The molecule has 0 aromatic heterocycles. The Balaban J connectivity index is 1.95. The molecule has 0 spiro atoms. The standard InChI is InChI=1S/C17H22FNO5S/c1-11-2-5-14(13(18)8-11)25(23,24)19-7-6-15(20)17(10-19,16(21)22)9-12-3-4-12/h2,5,8,12,15,20H,3-4,6-7,9-10H2,1H3,(H,21,22)/t15-,17-/m0/s1. The summed E-state index contributed by atoms with van der Waals surface area (Å²) >= 11 is 0. The van der Waals surface area contributed by atoms with E-state index in [-0.39, 0.29) is 31.8 Å². The molecule has 6 nitrogen and oxygen atoms in total. The van der Waals surface area contributed by atoms with Crippen LogP contribution in [0.3, 0.4) is 0 Å². The molecule has 1 aliphatic heterocycles. The first-order valence-electron chi connectivity index (χ1n) is 8.34. The second kappa shape index (κ2) is 6.34. The predicted molar refractivity (Wildman–Crippen MR) is 87.9 cm³/mol. The van der Waals surface area contributed by atoms with Gasteiger partial charge in [-0.2, -0.15) is 4.31 Å². The van der Waals surface area contributed by atoms with Gasteiger partial charge >= 0.3 is 5.97 Å². The molecule has 25 heavy (non-hydrogen) atoms. The highest BCUT2D eigenvalue weighted by Crippen LogP contribution is 2.45. The van der Waals surface area contributed by atoms with Crippen molar-refractivity contribution in [2.45, 2.75) is 43.6 Å². The summed E-state index contributed by atoms with van der Waals surface area (Å²) < 4.78 is 40.9. The summed E-state index contributed by atoms with van der Waals surface area (Å²) in [5.74, 6) is -1.85. The number of nitrogens with zero attached hydrogens (tertiary/aromatic N) is 1. The Morgan fingerprint density at radius 2 is 2.04 bits per heavy atom. The van der Waals surface area contributed by atoms with Crippen molar-refractivity contribution in [3.63, 3.8) is 0 Å². The molecular formula is C17H22FNO5S. The summed E-state index contributed by atoms with van der Waals surface area (Å²) in [6.45, 7) is 1.29. The quantitative estimate of drug-likeness (QED) is 0.822. The lowest BCUT2D eigenvalue weighted by Crippen LogP contribution is -2.57. The smallest absolute Gasteiger partial charge is 0.313 e. The minimum Gasteiger partial charge on any atom is -0.481 e. The summed E-state index contributed by atoms with van der Waals surface area (Å²) in [5.41, 5.74) is -0.938. The highest BCUT2D eigenvalue weighted by molar-refractivity contribution is 7.89. The highest BCUT2D eigenvalue weighted by atomic mass is 32.2. The number of carboxylic acid groups (broad SMARTS) is 1. The average molecular weight is 371 g/mol. The zero-order valence-electron chi connectivity index (χ0n) is 14.0. The lowest BCUT2D eigenvalue weighted by Gasteiger charge is -2.42. The van der Waals surface area contributed by atoms with Crippen LogP contribution in [-0.2, 0) is 14.8 Å². The number of sulfonamides is 1. The molecule has 138 valence electrons. The van der Waals surface area contributed by atoms with E-state index in [1.165, 1.54) is 12.1 Å². The third-order valence-corrected chi connectivity index (χ3v) is 7.11. The maximum Gasteiger partial charge on any atom is 0.313 e. The van der Waals surface area contributed by atoms with Gasteiger partial charge in [0.05, 0.1) is 6.10 Å². The van der Waals surface area contributed by atoms with E-state index in [0.29, 0.717) is 5.56 Å². The van der Waals surface area contributed by atoms with Crippen molar-refractivity contribution >= 4 is 16.0 Å². The molecule has 0 amide bonds. The maximum atomic E-state index is 14.2. The monoisotopic (exact) mass is 371 g/mol. The Kier molecular flexibility index (Phi) is 4.63. The van der Waals surface area contributed by atoms with Gasteiger partial charge in [-0.15, -0.1) is 0 Å². The van der Waals surface area contributed by atoms with Crippen LogP contribution in [0.25, 0.3) is 0 Å². The third-order valence-electron chi connectivity index (χ3n) is 5.23. The summed E-state index contributed by atoms with van der Waals surface area (Å²) in [6.07, 6.45) is 0.930. The first kappa shape index (κ1) is 18.3. The summed E-state index contributed by atoms with van der Waals surface area (Å²) in [6, 6.07) is 3.85. The van der Waals surface area contributed by atoms with E-state index in [1.54, 1.807) is 6.92 Å². The van der Waals surface area contributed by atoms with E-state index in [1.807, 2.05) is 0 Å². The van der Waals surface area contributed by atoms with Crippen LogP contribution >= 0.6 is 0 Å². The molecule has 1 saturated heterocycles. The Morgan fingerprint density at radius 1 is 1.36 bits per heavy atom. The van der Waals surface area contributed by atoms with Crippen LogP contribution in [0.1, 0.15) is 31.2 Å². The number of carboxylic acids is 1. The minimum atomic E-state index is -4.17. The van der Waals surface area contributed by atoms with Crippen molar-refractivity contribution in [3.05, 3.63) is 29.6 Å². The molecule has 1 aromatic carbocycles. The fourth-order valence-electron chi connectivity index (χ4n) is 3.54. The molecule has 2 N–H and O–H groups in total. The molecule has 2 fully saturated rings. The predicted octanol–water partition coefficient (Wildman–Crippen LogP) is 1.76. The van der Waals surface area contributed by atoms with Crippen LogP contribution in [0.5, 0.6) is 0 Å². The van der Waals surface area contributed by atoms with E-state index >= 15 is 0 Å². The maximum absolute atomic E-state index is 14.2.